The molecule has 1 saturated carbocycles. The first-order valence-electron chi connectivity index (χ1n) is 7.06. The lowest BCUT2D eigenvalue weighted by Crippen LogP contribution is -2.33. The molecule has 20 heavy (non-hydrogen) atoms. The van der Waals surface area contributed by atoms with E-state index < -0.39 is 6.36 Å². The molecule has 0 bridgehead atoms. The van der Waals surface area contributed by atoms with Gasteiger partial charge in [0.25, 0.3) is 0 Å². The number of ether oxygens (including phenoxy) is 1. The van der Waals surface area contributed by atoms with Crippen LogP contribution in [0.5, 0.6) is 5.75 Å². The van der Waals surface area contributed by atoms with Crippen molar-refractivity contribution in [3.8, 4) is 5.75 Å². The van der Waals surface area contributed by atoms with E-state index in [-0.39, 0.29) is 5.75 Å². The minimum Gasteiger partial charge on any atom is -0.406 e. The van der Waals surface area contributed by atoms with Gasteiger partial charge >= 0.3 is 6.36 Å². The molecule has 0 radical (unpaired) electrons. The van der Waals surface area contributed by atoms with Gasteiger partial charge in [0.2, 0.25) is 0 Å². The molecule has 1 aromatic carbocycles. The molecule has 1 aliphatic carbocycles. The first kappa shape index (κ1) is 15.2. The van der Waals surface area contributed by atoms with Gasteiger partial charge in [0.15, 0.2) is 0 Å². The summed E-state index contributed by atoms with van der Waals surface area (Å²) in [6, 6.07) is 6.76. The highest BCUT2D eigenvalue weighted by Crippen LogP contribution is 2.30. The molecule has 1 fully saturated rings. The summed E-state index contributed by atoms with van der Waals surface area (Å²) in [5.74, 6) is 0.417. The summed E-state index contributed by atoms with van der Waals surface area (Å²) >= 11 is 0. The van der Waals surface area contributed by atoms with Crippen LogP contribution in [0.15, 0.2) is 24.3 Å². The Morgan fingerprint density at radius 1 is 1.20 bits per heavy atom. The van der Waals surface area contributed by atoms with Crippen LogP contribution in [0.2, 0.25) is 0 Å². The van der Waals surface area contributed by atoms with Gasteiger partial charge in [-0.05, 0) is 49.4 Å². The SMILES string of the molecule is CCNC1CCCC1Cc1ccc(OC(F)(F)F)cc1. The first-order chi connectivity index (χ1) is 9.48. The third kappa shape index (κ3) is 4.40. The van der Waals surface area contributed by atoms with Gasteiger partial charge < -0.3 is 10.1 Å². The van der Waals surface area contributed by atoms with Crippen LogP contribution in [0.1, 0.15) is 31.7 Å². The quantitative estimate of drug-likeness (QED) is 0.886. The highest BCUT2D eigenvalue weighted by molar-refractivity contribution is 5.28. The molecular weight excluding hydrogens is 267 g/mol. The number of hydrogen-bond donors (Lipinski definition) is 1. The normalized spacial score (nSPS) is 23.0. The maximum absolute atomic E-state index is 12.1. The molecule has 2 rings (SSSR count). The fraction of sp³-hybridized carbons (Fsp3) is 0.600. The van der Waals surface area contributed by atoms with E-state index in [1.54, 1.807) is 12.1 Å². The second kappa shape index (κ2) is 6.48. The fourth-order valence-electron chi connectivity index (χ4n) is 2.94. The van der Waals surface area contributed by atoms with E-state index in [2.05, 4.69) is 17.0 Å². The van der Waals surface area contributed by atoms with E-state index in [0.717, 1.165) is 18.5 Å². The van der Waals surface area contributed by atoms with E-state index >= 15 is 0 Å². The van der Waals surface area contributed by atoms with Crippen molar-refractivity contribution in [2.45, 2.75) is 45.0 Å². The van der Waals surface area contributed by atoms with Crippen LogP contribution in [-0.4, -0.2) is 18.9 Å². The second-order valence-electron chi connectivity index (χ2n) is 5.25. The van der Waals surface area contributed by atoms with Crippen LogP contribution in [-0.2, 0) is 6.42 Å². The summed E-state index contributed by atoms with van der Waals surface area (Å²) in [6.45, 7) is 3.05. The monoisotopic (exact) mass is 287 g/mol. The zero-order chi connectivity index (χ0) is 14.6. The highest BCUT2D eigenvalue weighted by atomic mass is 19.4. The summed E-state index contributed by atoms with van der Waals surface area (Å²) in [4.78, 5) is 0. The van der Waals surface area contributed by atoms with Gasteiger partial charge in [0.05, 0.1) is 0 Å². The maximum Gasteiger partial charge on any atom is 0.573 e. The van der Waals surface area contributed by atoms with Crippen molar-refractivity contribution in [3.05, 3.63) is 29.8 Å². The lowest BCUT2D eigenvalue weighted by atomic mass is 9.94. The lowest BCUT2D eigenvalue weighted by Gasteiger charge is -2.20. The first-order valence-corrected chi connectivity index (χ1v) is 7.06. The number of benzene rings is 1. The summed E-state index contributed by atoms with van der Waals surface area (Å²) < 4.78 is 40.1. The molecule has 2 atom stereocenters. The van der Waals surface area contributed by atoms with Crippen LogP contribution >= 0.6 is 0 Å². The van der Waals surface area contributed by atoms with Gasteiger partial charge in [-0.25, -0.2) is 0 Å². The van der Waals surface area contributed by atoms with Crippen molar-refractivity contribution in [3.63, 3.8) is 0 Å². The molecule has 2 unspecified atom stereocenters. The predicted octanol–water partition coefficient (Wildman–Crippen LogP) is 3.91. The standard InChI is InChI=1S/C15H20F3NO/c1-2-19-14-5-3-4-12(14)10-11-6-8-13(9-7-11)20-15(16,17)18/h6-9,12,14,19H,2-5,10H2,1H3. The predicted molar refractivity (Wildman–Crippen MR) is 71.6 cm³/mol. The Bertz CT molecular complexity index is 416. The molecule has 1 N–H and O–H groups in total. The zero-order valence-electron chi connectivity index (χ0n) is 11.5. The Morgan fingerprint density at radius 2 is 1.90 bits per heavy atom. The average Bonchev–Trinajstić information content (AvgIpc) is 2.78. The van der Waals surface area contributed by atoms with E-state index in [1.165, 1.54) is 31.4 Å². The molecule has 0 aromatic heterocycles. The number of rotatable bonds is 5. The van der Waals surface area contributed by atoms with Crippen LogP contribution in [0.25, 0.3) is 0 Å². The van der Waals surface area contributed by atoms with Crippen molar-refractivity contribution in [1.82, 2.24) is 5.32 Å². The fourth-order valence-corrected chi connectivity index (χ4v) is 2.94. The second-order valence-corrected chi connectivity index (χ2v) is 5.25. The third-order valence-corrected chi connectivity index (χ3v) is 3.78. The van der Waals surface area contributed by atoms with Gasteiger partial charge in [0.1, 0.15) is 5.75 Å². The topological polar surface area (TPSA) is 21.3 Å². The van der Waals surface area contributed by atoms with Crippen LogP contribution in [0, 0.1) is 5.92 Å². The third-order valence-electron chi connectivity index (χ3n) is 3.78. The molecule has 1 aliphatic rings. The van der Waals surface area contributed by atoms with Gasteiger partial charge in [-0.2, -0.15) is 0 Å². The van der Waals surface area contributed by atoms with E-state index in [9.17, 15) is 13.2 Å². The Kier molecular flexibility index (Phi) is 4.91. The molecule has 5 heteroatoms. The zero-order valence-corrected chi connectivity index (χ0v) is 11.5. The van der Waals surface area contributed by atoms with Crippen molar-refractivity contribution in [2.24, 2.45) is 5.92 Å². The van der Waals surface area contributed by atoms with E-state index in [1.807, 2.05) is 0 Å². The van der Waals surface area contributed by atoms with Crippen molar-refractivity contribution < 1.29 is 17.9 Å². The molecule has 112 valence electrons. The largest absolute Gasteiger partial charge is 0.573 e. The van der Waals surface area contributed by atoms with Gasteiger partial charge in [0, 0.05) is 6.04 Å². The molecule has 0 spiro atoms. The van der Waals surface area contributed by atoms with Crippen molar-refractivity contribution in [1.29, 1.82) is 0 Å². The Hall–Kier alpha value is -1.23. The van der Waals surface area contributed by atoms with Crippen LogP contribution in [0.3, 0.4) is 0 Å². The minimum absolute atomic E-state index is 0.157. The number of alkyl halides is 3. The van der Waals surface area contributed by atoms with E-state index in [4.69, 9.17) is 0 Å². The number of nitrogens with one attached hydrogen (secondary N) is 1. The maximum atomic E-state index is 12.1. The van der Waals surface area contributed by atoms with Gasteiger partial charge in [-0.1, -0.05) is 25.5 Å². The Balaban J connectivity index is 1.93. The average molecular weight is 287 g/mol. The molecule has 1 aromatic rings. The molecule has 0 aliphatic heterocycles. The Morgan fingerprint density at radius 3 is 2.50 bits per heavy atom. The van der Waals surface area contributed by atoms with Gasteiger partial charge in [-0.15, -0.1) is 13.2 Å². The van der Waals surface area contributed by atoms with Crippen molar-refractivity contribution >= 4 is 0 Å². The van der Waals surface area contributed by atoms with E-state index in [0.29, 0.717) is 12.0 Å². The molecule has 0 heterocycles. The van der Waals surface area contributed by atoms with Gasteiger partial charge in [-0.3, -0.25) is 0 Å². The molecule has 2 nitrogen and oxygen atoms in total. The highest BCUT2D eigenvalue weighted by Gasteiger charge is 2.31. The minimum atomic E-state index is -4.62. The van der Waals surface area contributed by atoms with Crippen LogP contribution < -0.4 is 10.1 Å². The number of hydrogen-bond acceptors (Lipinski definition) is 2. The summed E-state index contributed by atoms with van der Waals surface area (Å²) in [5.41, 5.74) is 1.06. The molecule has 0 amide bonds. The molecular formula is C15H20F3NO. The number of halogens is 3. The molecule has 0 saturated heterocycles. The smallest absolute Gasteiger partial charge is 0.406 e. The summed E-state index contributed by atoms with van der Waals surface area (Å²) in [5, 5.41) is 3.48. The van der Waals surface area contributed by atoms with Crippen LogP contribution in [0.4, 0.5) is 13.2 Å². The Labute approximate surface area is 117 Å². The lowest BCUT2D eigenvalue weighted by molar-refractivity contribution is -0.274. The van der Waals surface area contributed by atoms with Crippen molar-refractivity contribution in [2.75, 3.05) is 6.54 Å². The summed E-state index contributed by atoms with van der Waals surface area (Å²) in [6.07, 6.45) is -0.128. The summed E-state index contributed by atoms with van der Waals surface area (Å²) in [7, 11) is 0.